The second-order valence-electron chi connectivity index (χ2n) is 7.23. The van der Waals surface area contributed by atoms with Crippen molar-refractivity contribution in [3.8, 4) is 11.8 Å². The number of nitriles is 1. The van der Waals surface area contributed by atoms with Gasteiger partial charge in [-0.25, -0.2) is 4.68 Å². The van der Waals surface area contributed by atoms with E-state index in [1.54, 1.807) is 11.0 Å². The number of benzene rings is 2. The van der Waals surface area contributed by atoms with Crippen LogP contribution < -0.4 is 10.2 Å². The number of aromatic nitrogens is 2. The van der Waals surface area contributed by atoms with Gasteiger partial charge in [0.05, 0.1) is 23.9 Å². The van der Waals surface area contributed by atoms with Gasteiger partial charge in [-0.1, -0.05) is 24.3 Å². The van der Waals surface area contributed by atoms with Crippen LogP contribution in [0.4, 0.5) is 11.4 Å². The summed E-state index contributed by atoms with van der Waals surface area (Å²) in [6.45, 7) is 4.20. The summed E-state index contributed by atoms with van der Waals surface area (Å²) in [4.78, 5) is 26.7. The number of carbonyl (C=O) groups excluding carboxylic acids is 2. The van der Waals surface area contributed by atoms with Crippen molar-refractivity contribution in [1.29, 1.82) is 5.26 Å². The Labute approximate surface area is 181 Å². The van der Waals surface area contributed by atoms with E-state index >= 15 is 0 Å². The average molecular weight is 415 g/mol. The summed E-state index contributed by atoms with van der Waals surface area (Å²) in [5, 5.41) is 16.2. The van der Waals surface area contributed by atoms with Gasteiger partial charge in [0.25, 0.3) is 0 Å². The number of hydrogen-bond acceptors (Lipinski definition) is 4. The molecule has 0 aliphatic heterocycles. The van der Waals surface area contributed by atoms with Gasteiger partial charge < -0.3 is 10.2 Å². The van der Waals surface area contributed by atoms with Gasteiger partial charge in [-0.3, -0.25) is 9.59 Å². The summed E-state index contributed by atoms with van der Waals surface area (Å²) in [6, 6.07) is 20.7. The molecule has 158 valence electrons. The Morgan fingerprint density at radius 3 is 2.52 bits per heavy atom. The number of hydrogen-bond donors (Lipinski definition) is 1. The zero-order chi connectivity index (χ0) is 22.2. The van der Waals surface area contributed by atoms with Crippen molar-refractivity contribution in [3.05, 3.63) is 72.1 Å². The van der Waals surface area contributed by atoms with E-state index < -0.39 is 0 Å². The predicted molar refractivity (Wildman–Crippen MR) is 120 cm³/mol. The average Bonchev–Trinajstić information content (AvgIpc) is 3.11. The summed E-state index contributed by atoms with van der Waals surface area (Å²) < 4.78 is 1.82. The first-order chi connectivity index (χ1) is 15.0. The SMILES string of the molecule is Cc1cc(C)n(-c2cccc(NC(=O)CCC(=O)N(CCC#N)c3ccccc3)c2)n1. The van der Waals surface area contributed by atoms with Crippen molar-refractivity contribution in [2.75, 3.05) is 16.8 Å². The lowest BCUT2D eigenvalue weighted by Crippen LogP contribution is -2.32. The second kappa shape index (κ2) is 10.2. The lowest BCUT2D eigenvalue weighted by atomic mass is 10.2. The van der Waals surface area contributed by atoms with Gasteiger partial charge in [0.1, 0.15) is 0 Å². The lowest BCUT2D eigenvalue weighted by Gasteiger charge is -2.21. The standard InChI is InChI=1S/C24H25N5O2/c1-18-16-19(2)29(27-18)22-11-6-8-20(17-22)26-23(30)12-13-24(31)28(15-7-14-25)21-9-4-3-5-10-21/h3-6,8-11,16-17H,7,12-13,15H2,1-2H3,(H,26,30). The summed E-state index contributed by atoms with van der Waals surface area (Å²) in [7, 11) is 0. The third-order valence-corrected chi connectivity index (χ3v) is 4.77. The van der Waals surface area contributed by atoms with E-state index in [0.29, 0.717) is 12.2 Å². The van der Waals surface area contributed by atoms with Crippen LogP contribution in [-0.2, 0) is 9.59 Å². The molecule has 0 bridgehead atoms. The molecule has 0 atom stereocenters. The molecule has 7 heteroatoms. The van der Waals surface area contributed by atoms with Gasteiger partial charge in [-0.2, -0.15) is 10.4 Å². The Morgan fingerprint density at radius 1 is 1.06 bits per heavy atom. The first kappa shape index (κ1) is 21.8. The minimum absolute atomic E-state index is 0.0544. The number of rotatable bonds is 8. The summed E-state index contributed by atoms with van der Waals surface area (Å²) in [5.41, 5.74) is 4.15. The Hall–Kier alpha value is -3.92. The molecule has 0 aliphatic rings. The minimum atomic E-state index is -0.243. The highest BCUT2D eigenvalue weighted by Gasteiger charge is 2.17. The molecular weight excluding hydrogens is 390 g/mol. The number of anilines is 2. The van der Waals surface area contributed by atoms with Crippen molar-refractivity contribution in [2.45, 2.75) is 33.1 Å². The van der Waals surface area contributed by atoms with Crippen molar-refractivity contribution in [2.24, 2.45) is 0 Å². The molecule has 0 saturated heterocycles. The Kier molecular flexibility index (Phi) is 7.17. The lowest BCUT2D eigenvalue weighted by molar-refractivity contribution is -0.122. The summed E-state index contributed by atoms with van der Waals surface area (Å²) in [6.07, 6.45) is 0.341. The van der Waals surface area contributed by atoms with Gasteiger partial charge in [0.15, 0.2) is 0 Å². The monoisotopic (exact) mass is 415 g/mol. The predicted octanol–water partition coefficient (Wildman–Crippen LogP) is 4.15. The van der Waals surface area contributed by atoms with Gasteiger partial charge in [0, 0.05) is 36.5 Å². The number of carbonyl (C=O) groups is 2. The largest absolute Gasteiger partial charge is 0.326 e. The van der Waals surface area contributed by atoms with Crippen LogP contribution in [0.3, 0.4) is 0 Å². The fourth-order valence-corrected chi connectivity index (χ4v) is 3.35. The zero-order valence-corrected chi connectivity index (χ0v) is 17.7. The maximum Gasteiger partial charge on any atom is 0.227 e. The Balaban J connectivity index is 1.62. The number of nitrogens with zero attached hydrogens (tertiary/aromatic N) is 4. The van der Waals surface area contributed by atoms with E-state index in [0.717, 1.165) is 22.8 Å². The topological polar surface area (TPSA) is 91.0 Å². The van der Waals surface area contributed by atoms with Gasteiger partial charge in [0.2, 0.25) is 11.8 Å². The van der Waals surface area contributed by atoms with E-state index in [1.807, 2.05) is 73.1 Å². The van der Waals surface area contributed by atoms with E-state index in [-0.39, 0.29) is 31.1 Å². The molecule has 0 saturated carbocycles. The third kappa shape index (κ3) is 5.80. The maximum atomic E-state index is 12.7. The molecule has 0 fully saturated rings. The summed E-state index contributed by atoms with van der Waals surface area (Å²) >= 11 is 0. The smallest absolute Gasteiger partial charge is 0.227 e. The Morgan fingerprint density at radius 2 is 1.84 bits per heavy atom. The van der Waals surface area contributed by atoms with Crippen LogP contribution in [-0.4, -0.2) is 28.1 Å². The van der Waals surface area contributed by atoms with Crippen LogP contribution in [0.25, 0.3) is 5.69 Å². The molecule has 0 spiro atoms. The number of aryl methyl sites for hydroxylation is 2. The number of nitrogens with one attached hydrogen (secondary N) is 1. The molecular formula is C24H25N5O2. The van der Waals surface area contributed by atoms with Crippen molar-refractivity contribution >= 4 is 23.2 Å². The Bertz CT molecular complexity index is 1100. The number of amides is 2. The van der Waals surface area contributed by atoms with Crippen LogP contribution in [0.5, 0.6) is 0 Å². The molecule has 3 rings (SSSR count). The van der Waals surface area contributed by atoms with E-state index in [9.17, 15) is 9.59 Å². The zero-order valence-electron chi connectivity index (χ0n) is 17.7. The maximum absolute atomic E-state index is 12.7. The normalized spacial score (nSPS) is 10.4. The quantitative estimate of drug-likeness (QED) is 0.598. The fourth-order valence-electron chi connectivity index (χ4n) is 3.35. The van der Waals surface area contributed by atoms with Crippen molar-refractivity contribution < 1.29 is 9.59 Å². The molecule has 31 heavy (non-hydrogen) atoms. The van der Waals surface area contributed by atoms with Crippen molar-refractivity contribution in [1.82, 2.24) is 9.78 Å². The van der Waals surface area contributed by atoms with Crippen LogP contribution >= 0.6 is 0 Å². The van der Waals surface area contributed by atoms with Crippen LogP contribution in [0.15, 0.2) is 60.7 Å². The van der Waals surface area contributed by atoms with E-state index in [2.05, 4.69) is 16.5 Å². The van der Waals surface area contributed by atoms with E-state index in [1.165, 1.54) is 0 Å². The minimum Gasteiger partial charge on any atom is -0.326 e. The van der Waals surface area contributed by atoms with Crippen LogP contribution in [0.2, 0.25) is 0 Å². The summed E-state index contributed by atoms with van der Waals surface area (Å²) in [5.74, 6) is -0.430. The van der Waals surface area contributed by atoms with Crippen molar-refractivity contribution in [3.63, 3.8) is 0 Å². The molecule has 1 N–H and O–H groups in total. The first-order valence-corrected chi connectivity index (χ1v) is 10.1. The molecule has 0 aliphatic carbocycles. The second-order valence-corrected chi connectivity index (χ2v) is 7.23. The van der Waals surface area contributed by atoms with Gasteiger partial charge >= 0.3 is 0 Å². The highest BCUT2D eigenvalue weighted by atomic mass is 16.2. The highest BCUT2D eigenvalue weighted by molar-refractivity contribution is 5.98. The molecule has 1 heterocycles. The van der Waals surface area contributed by atoms with E-state index in [4.69, 9.17) is 5.26 Å². The molecule has 2 amide bonds. The fraction of sp³-hybridized carbons (Fsp3) is 0.250. The number of para-hydroxylation sites is 1. The van der Waals surface area contributed by atoms with Crippen LogP contribution in [0, 0.1) is 25.2 Å². The molecule has 0 unspecified atom stereocenters. The third-order valence-electron chi connectivity index (χ3n) is 4.77. The molecule has 2 aromatic carbocycles. The molecule has 0 radical (unpaired) electrons. The highest BCUT2D eigenvalue weighted by Crippen LogP contribution is 2.18. The molecule has 3 aromatic rings. The van der Waals surface area contributed by atoms with Crippen LogP contribution in [0.1, 0.15) is 30.7 Å². The molecule has 1 aromatic heterocycles. The first-order valence-electron chi connectivity index (χ1n) is 10.1. The van der Waals surface area contributed by atoms with Gasteiger partial charge in [-0.15, -0.1) is 0 Å². The van der Waals surface area contributed by atoms with Gasteiger partial charge in [-0.05, 0) is 50.2 Å². The molecule has 7 nitrogen and oxygen atoms in total.